The van der Waals surface area contributed by atoms with Gasteiger partial charge in [0, 0.05) is 18.6 Å². The van der Waals surface area contributed by atoms with Crippen LogP contribution in [0.1, 0.15) is 59.3 Å². The highest BCUT2D eigenvalue weighted by Gasteiger charge is 2.44. The van der Waals surface area contributed by atoms with Crippen LogP contribution >= 0.6 is 0 Å². The number of hydrogen-bond donors (Lipinski definition) is 1. The van der Waals surface area contributed by atoms with Crippen LogP contribution in [0.5, 0.6) is 0 Å². The predicted molar refractivity (Wildman–Crippen MR) is 78.9 cm³/mol. The molecule has 4 atom stereocenters. The van der Waals surface area contributed by atoms with Gasteiger partial charge in [-0.2, -0.15) is 0 Å². The molecular formula is C16H32N2. The van der Waals surface area contributed by atoms with Gasteiger partial charge in [-0.05, 0) is 44.7 Å². The van der Waals surface area contributed by atoms with Gasteiger partial charge in [0.1, 0.15) is 0 Å². The summed E-state index contributed by atoms with van der Waals surface area (Å²) in [4.78, 5) is 2.84. The normalized spacial score (nSPS) is 33.8. The summed E-state index contributed by atoms with van der Waals surface area (Å²) in [7, 11) is 0. The second kappa shape index (κ2) is 6.91. The van der Waals surface area contributed by atoms with Crippen molar-refractivity contribution in [3.63, 3.8) is 0 Å². The Morgan fingerprint density at radius 3 is 2.72 bits per heavy atom. The summed E-state index contributed by atoms with van der Waals surface area (Å²) in [5.74, 6) is 1.88. The number of rotatable bonds is 7. The van der Waals surface area contributed by atoms with Gasteiger partial charge in [-0.25, -0.2) is 0 Å². The van der Waals surface area contributed by atoms with Crippen molar-refractivity contribution >= 4 is 0 Å². The standard InChI is InChI=1S/C16H32N2/c1-4-6-7-8-9-13(3)18-12-14-10-17-11-15(14)16(18)5-2/h13-17H,4-12H2,1-3H3. The maximum atomic E-state index is 3.58. The van der Waals surface area contributed by atoms with E-state index < -0.39 is 0 Å². The molecule has 0 radical (unpaired) electrons. The molecule has 2 nitrogen and oxygen atoms in total. The number of unbranched alkanes of at least 4 members (excludes halogenated alkanes) is 3. The fraction of sp³-hybridized carbons (Fsp3) is 1.00. The van der Waals surface area contributed by atoms with Crippen molar-refractivity contribution in [2.24, 2.45) is 11.8 Å². The van der Waals surface area contributed by atoms with Gasteiger partial charge in [0.05, 0.1) is 0 Å². The quantitative estimate of drug-likeness (QED) is 0.700. The van der Waals surface area contributed by atoms with E-state index in [0.717, 1.165) is 23.9 Å². The van der Waals surface area contributed by atoms with Gasteiger partial charge in [0.15, 0.2) is 0 Å². The molecule has 0 saturated carbocycles. The lowest BCUT2D eigenvalue weighted by Gasteiger charge is -2.32. The summed E-state index contributed by atoms with van der Waals surface area (Å²) in [6.07, 6.45) is 8.37. The Bertz CT molecular complexity index is 241. The highest BCUT2D eigenvalue weighted by Crippen LogP contribution is 2.36. The lowest BCUT2D eigenvalue weighted by molar-refractivity contribution is 0.155. The van der Waals surface area contributed by atoms with E-state index in [1.165, 1.54) is 58.2 Å². The molecule has 0 aromatic carbocycles. The van der Waals surface area contributed by atoms with Crippen LogP contribution in [0.15, 0.2) is 0 Å². The lowest BCUT2D eigenvalue weighted by atomic mass is 9.92. The Morgan fingerprint density at radius 1 is 1.17 bits per heavy atom. The molecule has 0 amide bonds. The minimum absolute atomic E-state index is 0.803. The minimum atomic E-state index is 0.803. The van der Waals surface area contributed by atoms with E-state index in [2.05, 4.69) is 31.0 Å². The molecule has 4 unspecified atom stereocenters. The summed E-state index contributed by atoms with van der Waals surface area (Å²) in [6, 6.07) is 1.66. The van der Waals surface area contributed by atoms with E-state index in [-0.39, 0.29) is 0 Å². The molecule has 0 aromatic rings. The summed E-state index contributed by atoms with van der Waals surface area (Å²) in [5, 5.41) is 3.58. The van der Waals surface area contributed by atoms with Crippen molar-refractivity contribution in [2.75, 3.05) is 19.6 Å². The number of nitrogens with zero attached hydrogens (tertiary/aromatic N) is 1. The topological polar surface area (TPSA) is 15.3 Å². The zero-order valence-electron chi connectivity index (χ0n) is 12.6. The molecule has 2 rings (SSSR count). The SMILES string of the molecule is CCCCCCC(C)N1CC2CNCC2C1CC. The molecule has 106 valence electrons. The molecule has 2 fully saturated rings. The average Bonchev–Trinajstić information content (AvgIpc) is 2.93. The lowest BCUT2D eigenvalue weighted by Crippen LogP contribution is -2.41. The number of hydrogen-bond acceptors (Lipinski definition) is 2. The van der Waals surface area contributed by atoms with Gasteiger partial charge in [0.2, 0.25) is 0 Å². The second-order valence-corrected chi connectivity index (χ2v) is 6.45. The largest absolute Gasteiger partial charge is 0.316 e. The summed E-state index contributed by atoms with van der Waals surface area (Å²) < 4.78 is 0. The van der Waals surface area contributed by atoms with Gasteiger partial charge in [-0.3, -0.25) is 4.90 Å². The molecule has 18 heavy (non-hydrogen) atoms. The molecule has 2 heteroatoms. The summed E-state index contributed by atoms with van der Waals surface area (Å²) >= 11 is 0. The van der Waals surface area contributed by atoms with Crippen LogP contribution in [-0.2, 0) is 0 Å². The highest BCUT2D eigenvalue weighted by molar-refractivity contribution is 4.99. The number of nitrogens with one attached hydrogen (secondary N) is 1. The molecule has 0 aliphatic carbocycles. The maximum Gasteiger partial charge on any atom is 0.0140 e. The van der Waals surface area contributed by atoms with Crippen molar-refractivity contribution in [1.29, 1.82) is 0 Å². The Labute approximate surface area is 114 Å². The third kappa shape index (κ3) is 3.08. The average molecular weight is 252 g/mol. The van der Waals surface area contributed by atoms with Gasteiger partial charge in [0.25, 0.3) is 0 Å². The Hall–Kier alpha value is -0.0800. The summed E-state index contributed by atoms with van der Waals surface area (Å²) in [5.41, 5.74) is 0. The molecule has 2 aliphatic heterocycles. The zero-order chi connectivity index (χ0) is 13.0. The van der Waals surface area contributed by atoms with E-state index in [9.17, 15) is 0 Å². The molecular weight excluding hydrogens is 220 g/mol. The van der Waals surface area contributed by atoms with Gasteiger partial charge in [-0.15, -0.1) is 0 Å². The van der Waals surface area contributed by atoms with Crippen LogP contribution in [0.4, 0.5) is 0 Å². The molecule has 2 saturated heterocycles. The van der Waals surface area contributed by atoms with Gasteiger partial charge >= 0.3 is 0 Å². The molecule has 0 spiro atoms. The maximum absolute atomic E-state index is 3.58. The Kier molecular flexibility index (Phi) is 5.50. The number of likely N-dealkylation sites (tertiary alicyclic amines) is 1. The zero-order valence-corrected chi connectivity index (χ0v) is 12.6. The third-order valence-corrected chi connectivity index (χ3v) is 5.22. The van der Waals surface area contributed by atoms with Gasteiger partial charge in [-0.1, -0.05) is 39.5 Å². The first-order chi connectivity index (χ1) is 8.77. The first-order valence-electron chi connectivity index (χ1n) is 8.24. The number of fused-ring (bicyclic) bond motifs is 1. The summed E-state index contributed by atoms with van der Waals surface area (Å²) in [6.45, 7) is 11.0. The minimum Gasteiger partial charge on any atom is -0.316 e. The van der Waals surface area contributed by atoms with Crippen LogP contribution in [0.3, 0.4) is 0 Å². The molecule has 0 bridgehead atoms. The van der Waals surface area contributed by atoms with E-state index in [1.807, 2.05) is 0 Å². The van der Waals surface area contributed by atoms with Crippen molar-refractivity contribution < 1.29 is 0 Å². The van der Waals surface area contributed by atoms with Crippen LogP contribution in [0.25, 0.3) is 0 Å². The second-order valence-electron chi connectivity index (χ2n) is 6.45. The fourth-order valence-electron chi connectivity index (χ4n) is 4.13. The predicted octanol–water partition coefficient (Wildman–Crippen LogP) is 3.28. The monoisotopic (exact) mass is 252 g/mol. The Balaban J connectivity index is 1.80. The molecule has 2 heterocycles. The third-order valence-electron chi connectivity index (χ3n) is 5.22. The van der Waals surface area contributed by atoms with Crippen molar-refractivity contribution in [3.05, 3.63) is 0 Å². The van der Waals surface area contributed by atoms with E-state index in [1.54, 1.807) is 0 Å². The van der Waals surface area contributed by atoms with E-state index in [0.29, 0.717) is 0 Å². The molecule has 0 aromatic heterocycles. The van der Waals surface area contributed by atoms with Crippen LogP contribution < -0.4 is 5.32 Å². The molecule has 2 aliphatic rings. The van der Waals surface area contributed by atoms with E-state index in [4.69, 9.17) is 0 Å². The first-order valence-corrected chi connectivity index (χ1v) is 8.24. The Morgan fingerprint density at radius 2 is 2.00 bits per heavy atom. The van der Waals surface area contributed by atoms with Crippen LogP contribution in [-0.4, -0.2) is 36.6 Å². The van der Waals surface area contributed by atoms with Crippen molar-refractivity contribution in [1.82, 2.24) is 10.2 Å². The smallest absolute Gasteiger partial charge is 0.0140 e. The molecule has 1 N–H and O–H groups in total. The van der Waals surface area contributed by atoms with Gasteiger partial charge < -0.3 is 5.32 Å². The van der Waals surface area contributed by atoms with Crippen LogP contribution in [0.2, 0.25) is 0 Å². The van der Waals surface area contributed by atoms with Crippen molar-refractivity contribution in [2.45, 2.75) is 71.4 Å². The highest BCUT2D eigenvalue weighted by atomic mass is 15.2. The fourth-order valence-corrected chi connectivity index (χ4v) is 4.13. The van der Waals surface area contributed by atoms with E-state index >= 15 is 0 Å². The first kappa shape index (κ1) is 14.3. The van der Waals surface area contributed by atoms with Crippen LogP contribution in [0, 0.1) is 11.8 Å². The van der Waals surface area contributed by atoms with Crippen molar-refractivity contribution in [3.8, 4) is 0 Å².